The zero-order valence-electron chi connectivity index (χ0n) is 23.4. The van der Waals surface area contributed by atoms with Gasteiger partial charge < -0.3 is 15.5 Å². The van der Waals surface area contributed by atoms with Gasteiger partial charge in [-0.25, -0.2) is 12.8 Å². The van der Waals surface area contributed by atoms with Gasteiger partial charge in [0, 0.05) is 49.9 Å². The molecule has 42 heavy (non-hydrogen) atoms. The van der Waals surface area contributed by atoms with Crippen LogP contribution in [0.4, 0.5) is 10.1 Å². The summed E-state index contributed by atoms with van der Waals surface area (Å²) in [7, 11) is -3.99. The summed E-state index contributed by atoms with van der Waals surface area (Å²) in [5.74, 6) is -0.689. The van der Waals surface area contributed by atoms with Gasteiger partial charge in [0.15, 0.2) is 0 Å². The van der Waals surface area contributed by atoms with Gasteiger partial charge in [-0.05, 0) is 67.4 Å². The van der Waals surface area contributed by atoms with E-state index in [4.69, 9.17) is 5.73 Å². The lowest BCUT2D eigenvalue weighted by Crippen LogP contribution is -2.54. The van der Waals surface area contributed by atoms with Crippen molar-refractivity contribution in [3.63, 3.8) is 0 Å². The number of halogens is 1. The van der Waals surface area contributed by atoms with Crippen LogP contribution in [0.3, 0.4) is 0 Å². The molecule has 2 amide bonds. The Labute approximate surface area is 244 Å². The van der Waals surface area contributed by atoms with E-state index < -0.39 is 15.4 Å². The number of sulfonamides is 1. The van der Waals surface area contributed by atoms with E-state index in [0.29, 0.717) is 53.8 Å². The van der Waals surface area contributed by atoms with Crippen LogP contribution < -0.4 is 10.5 Å². The van der Waals surface area contributed by atoms with Crippen LogP contribution in [-0.4, -0.2) is 61.2 Å². The second-order valence-corrected chi connectivity index (χ2v) is 12.4. The van der Waals surface area contributed by atoms with Crippen LogP contribution in [0.1, 0.15) is 35.3 Å². The van der Waals surface area contributed by atoms with E-state index in [0.717, 1.165) is 0 Å². The maximum absolute atomic E-state index is 13.4. The first-order chi connectivity index (χ1) is 20.0. The Bertz CT molecular complexity index is 1750. The smallest absolute Gasteiger partial charge is 0.264 e. The highest BCUT2D eigenvalue weighted by atomic mass is 32.2. The molecule has 0 spiro atoms. The normalized spacial score (nSPS) is 14.2. The monoisotopic (exact) mass is 589 g/mol. The van der Waals surface area contributed by atoms with Crippen LogP contribution in [0.25, 0.3) is 10.9 Å². The summed E-state index contributed by atoms with van der Waals surface area (Å²) in [4.78, 5) is 34.3. The molecule has 0 radical (unpaired) electrons. The van der Waals surface area contributed by atoms with Crippen molar-refractivity contribution in [1.29, 1.82) is 0 Å². The minimum Gasteiger partial charge on any atom is -0.338 e. The Kier molecular flexibility index (Phi) is 7.98. The van der Waals surface area contributed by atoms with E-state index in [1.54, 1.807) is 72.2 Å². The molecule has 218 valence electrons. The highest BCUT2D eigenvalue weighted by Gasteiger charge is 2.36. The van der Waals surface area contributed by atoms with Crippen molar-refractivity contribution >= 4 is 38.4 Å². The van der Waals surface area contributed by atoms with Gasteiger partial charge in [0.25, 0.3) is 15.9 Å². The van der Waals surface area contributed by atoms with Gasteiger partial charge in [-0.15, -0.1) is 0 Å². The number of rotatable bonds is 7. The third-order valence-electron chi connectivity index (χ3n) is 7.66. The number of nitrogens with one attached hydrogen (secondary N) is 1. The van der Waals surface area contributed by atoms with Crippen LogP contribution in [-0.2, 0) is 26.8 Å². The molecule has 11 heteroatoms. The summed E-state index contributed by atoms with van der Waals surface area (Å²) < 4.78 is 42.6. The topological polar surface area (TPSA) is 126 Å². The summed E-state index contributed by atoms with van der Waals surface area (Å²) in [6.45, 7) is 5.01. The molecule has 4 aromatic rings. The van der Waals surface area contributed by atoms with Gasteiger partial charge in [-0.1, -0.05) is 30.3 Å². The zero-order valence-corrected chi connectivity index (χ0v) is 24.2. The highest BCUT2D eigenvalue weighted by molar-refractivity contribution is 7.93. The molecule has 1 aliphatic heterocycles. The summed E-state index contributed by atoms with van der Waals surface area (Å²) in [6.07, 6.45) is 1.54. The van der Waals surface area contributed by atoms with Gasteiger partial charge >= 0.3 is 0 Å². The molecular formula is C31H32FN5O4S. The largest absolute Gasteiger partial charge is 0.338 e. The van der Waals surface area contributed by atoms with Gasteiger partial charge in [0.1, 0.15) is 10.7 Å². The first kappa shape index (κ1) is 29.2. The molecule has 1 aliphatic rings. The van der Waals surface area contributed by atoms with Crippen molar-refractivity contribution in [2.75, 3.05) is 30.9 Å². The first-order valence-corrected chi connectivity index (χ1v) is 15.0. The summed E-state index contributed by atoms with van der Waals surface area (Å²) in [6, 6.07) is 19.1. The molecule has 9 nitrogen and oxygen atoms in total. The van der Waals surface area contributed by atoms with Crippen LogP contribution in [0, 0.1) is 5.82 Å². The molecule has 3 aromatic carbocycles. The lowest BCUT2D eigenvalue weighted by molar-refractivity contribution is -0.137. The van der Waals surface area contributed by atoms with Crippen LogP contribution in [0.15, 0.2) is 83.9 Å². The van der Waals surface area contributed by atoms with Gasteiger partial charge in [-0.3, -0.25) is 19.3 Å². The standard InChI is InChI=1S/C31H32FN5O4S/c1-31(2,24-9-11-25(32)12-10-24)30(39)37-17-15-36(16-18-37)29(38)22-8-13-26(23(19-22)20-33)35-42(40,41)27-7-3-5-21-6-4-14-34-28(21)27/h3-14,19,35H,15-18,20,33H2,1-2H3. The number of fused-ring (bicyclic) bond motifs is 1. The van der Waals surface area contributed by atoms with Crippen LogP contribution in [0.5, 0.6) is 0 Å². The maximum Gasteiger partial charge on any atom is 0.264 e. The van der Waals surface area contributed by atoms with E-state index in [9.17, 15) is 22.4 Å². The van der Waals surface area contributed by atoms with E-state index in [1.165, 1.54) is 30.5 Å². The number of nitrogens with zero attached hydrogens (tertiary/aromatic N) is 3. The van der Waals surface area contributed by atoms with Crippen molar-refractivity contribution in [3.8, 4) is 0 Å². The summed E-state index contributed by atoms with van der Waals surface area (Å²) in [5.41, 5.74) is 7.30. The van der Waals surface area contributed by atoms with Gasteiger partial charge in [0.05, 0.1) is 16.6 Å². The molecule has 0 unspecified atom stereocenters. The quantitative estimate of drug-likeness (QED) is 0.337. The number of carbonyl (C=O) groups excluding carboxylic acids is 2. The molecule has 1 fully saturated rings. The first-order valence-electron chi connectivity index (χ1n) is 13.6. The molecule has 0 aliphatic carbocycles. The minimum absolute atomic E-state index is 0.00745. The van der Waals surface area contributed by atoms with E-state index in [-0.39, 0.29) is 34.8 Å². The third-order valence-corrected chi connectivity index (χ3v) is 9.05. The third kappa shape index (κ3) is 5.70. The molecule has 2 heterocycles. The second kappa shape index (κ2) is 11.5. The number of amides is 2. The van der Waals surface area contributed by atoms with Crippen molar-refractivity contribution < 1.29 is 22.4 Å². The second-order valence-electron chi connectivity index (χ2n) is 10.7. The number of hydrogen-bond acceptors (Lipinski definition) is 6. The van der Waals surface area contributed by atoms with E-state index in [1.807, 2.05) is 0 Å². The van der Waals surface area contributed by atoms with Crippen molar-refractivity contribution in [1.82, 2.24) is 14.8 Å². The number of pyridine rings is 1. The number of para-hydroxylation sites is 1. The molecular weight excluding hydrogens is 557 g/mol. The number of benzene rings is 3. The summed E-state index contributed by atoms with van der Waals surface area (Å²) >= 11 is 0. The Balaban J connectivity index is 1.28. The zero-order chi connectivity index (χ0) is 30.1. The van der Waals surface area contributed by atoms with Crippen LogP contribution >= 0.6 is 0 Å². The average molecular weight is 590 g/mol. The van der Waals surface area contributed by atoms with Gasteiger partial charge in [-0.2, -0.15) is 0 Å². The molecule has 0 bridgehead atoms. The number of piperazine rings is 1. The number of carbonyl (C=O) groups is 2. The fraction of sp³-hybridized carbons (Fsp3) is 0.258. The van der Waals surface area contributed by atoms with Crippen molar-refractivity contribution in [2.45, 2.75) is 30.7 Å². The molecule has 3 N–H and O–H groups in total. The van der Waals surface area contributed by atoms with E-state index in [2.05, 4.69) is 9.71 Å². The molecule has 1 saturated heterocycles. The number of aromatic nitrogens is 1. The molecule has 1 aromatic heterocycles. The van der Waals surface area contributed by atoms with E-state index >= 15 is 0 Å². The number of nitrogens with two attached hydrogens (primary N) is 1. The highest BCUT2D eigenvalue weighted by Crippen LogP contribution is 2.28. The Hall–Kier alpha value is -4.35. The SMILES string of the molecule is CC(C)(C(=O)N1CCN(C(=O)c2ccc(NS(=O)(=O)c3cccc4cccnc34)c(CN)c2)CC1)c1ccc(F)cc1. The van der Waals surface area contributed by atoms with Crippen LogP contribution in [0.2, 0.25) is 0 Å². The average Bonchev–Trinajstić information content (AvgIpc) is 3.00. The Morgan fingerprint density at radius 3 is 2.31 bits per heavy atom. The molecule has 0 saturated carbocycles. The predicted molar refractivity (Wildman–Crippen MR) is 159 cm³/mol. The summed E-state index contributed by atoms with van der Waals surface area (Å²) in [5, 5.41) is 0.696. The van der Waals surface area contributed by atoms with Crippen molar-refractivity contribution in [2.24, 2.45) is 5.73 Å². The molecule has 5 rings (SSSR count). The Morgan fingerprint density at radius 2 is 1.62 bits per heavy atom. The number of anilines is 1. The Morgan fingerprint density at radius 1 is 0.952 bits per heavy atom. The van der Waals surface area contributed by atoms with Gasteiger partial charge in [0.2, 0.25) is 5.91 Å². The fourth-order valence-corrected chi connectivity index (χ4v) is 6.45. The lowest BCUT2D eigenvalue weighted by atomic mass is 9.83. The molecule has 0 atom stereocenters. The van der Waals surface area contributed by atoms with Crippen molar-refractivity contribution in [3.05, 3.63) is 102 Å². The number of hydrogen-bond donors (Lipinski definition) is 2. The fourth-order valence-electron chi connectivity index (χ4n) is 5.17. The predicted octanol–water partition coefficient (Wildman–Crippen LogP) is 3.90. The minimum atomic E-state index is -3.99. The lowest BCUT2D eigenvalue weighted by Gasteiger charge is -2.39. The maximum atomic E-state index is 13.4.